The average molecular weight is 318 g/mol. The number of ether oxygens (including phenoxy) is 4. The molecule has 1 aliphatic rings. The summed E-state index contributed by atoms with van der Waals surface area (Å²) in [6.45, 7) is 4.33. The second kappa shape index (κ2) is 7.18. The van der Waals surface area contributed by atoms with Gasteiger partial charge in [0, 0.05) is 27.7 Å². The number of hydrogen-bond acceptors (Lipinski definition) is 10. The maximum atomic E-state index is 11.2. The van der Waals surface area contributed by atoms with E-state index in [1.807, 2.05) is 0 Å². The molecule has 2 atom stereocenters. The van der Waals surface area contributed by atoms with Gasteiger partial charge in [-0.1, -0.05) is 0 Å². The lowest BCUT2D eigenvalue weighted by Crippen LogP contribution is -2.72. The largest absolute Gasteiger partial charge is 0.441 e. The molecule has 0 spiro atoms. The summed E-state index contributed by atoms with van der Waals surface area (Å²) in [5.41, 5.74) is 0. The van der Waals surface area contributed by atoms with Gasteiger partial charge in [0.05, 0.1) is 6.54 Å². The Morgan fingerprint density at radius 2 is 1.27 bits per heavy atom. The second-order valence-corrected chi connectivity index (χ2v) is 4.53. The molecule has 0 bridgehead atoms. The summed E-state index contributed by atoms with van der Waals surface area (Å²) < 4.78 is 19.8. The Morgan fingerprint density at radius 3 is 1.68 bits per heavy atom. The van der Waals surface area contributed by atoms with Crippen molar-refractivity contribution in [2.75, 3.05) is 6.54 Å². The molecule has 1 rings (SSSR count). The molecule has 1 heterocycles. The van der Waals surface area contributed by atoms with E-state index in [2.05, 4.69) is 10.6 Å². The van der Waals surface area contributed by atoms with Crippen molar-refractivity contribution in [3.05, 3.63) is 0 Å². The van der Waals surface area contributed by atoms with Crippen molar-refractivity contribution in [3.8, 4) is 0 Å². The fourth-order valence-corrected chi connectivity index (χ4v) is 1.85. The molecule has 0 aromatic rings. The summed E-state index contributed by atoms with van der Waals surface area (Å²) in [6, 6.07) is 0. The molecule has 22 heavy (non-hydrogen) atoms. The number of esters is 4. The van der Waals surface area contributed by atoms with Crippen LogP contribution in [0.25, 0.3) is 0 Å². The average Bonchev–Trinajstić information content (AvgIpc) is 2.29. The lowest BCUT2D eigenvalue weighted by Gasteiger charge is -2.42. The molecule has 0 radical (unpaired) electrons. The molecule has 0 aromatic carbocycles. The second-order valence-electron chi connectivity index (χ2n) is 4.53. The first kappa shape index (κ1) is 17.9. The monoisotopic (exact) mass is 318 g/mol. The van der Waals surface area contributed by atoms with Gasteiger partial charge in [0.15, 0.2) is 0 Å². The van der Waals surface area contributed by atoms with Gasteiger partial charge in [-0.2, -0.15) is 0 Å². The van der Waals surface area contributed by atoms with Crippen LogP contribution in [0.5, 0.6) is 0 Å². The van der Waals surface area contributed by atoms with E-state index in [4.69, 9.17) is 18.9 Å². The number of carbonyl (C=O) groups excluding carboxylic acids is 4. The van der Waals surface area contributed by atoms with Crippen molar-refractivity contribution in [2.24, 2.45) is 0 Å². The van der Waals surface area contributed by atoms with E-state index in [1.165, 1.54) is 6.92 Å². The summed E-state index contributed by atoms with van der Waals surface area (Å²) in [7, 11) is 0. The first-order valence-corrected chi connectivity index (χ1v) is 6.38. The molecule has 124 valence electrons. The van der Waals surface area contributed by atoms with Crippen molar-refractivity contribution in [2.45, 2.75) is 46.1 Å². The molecule has 2 N–H and O–H groups in total. The van der Waals surface area contributed by atoms with Crippen LogP contribution in [0, 0.1) is 0 Å². The van der Waals surface area contributed by atoms with Crippen LogP contribution < -0.4 is 10.6 Å². The highest BCUT2D eigenvalue weighted by molar-refractivity contribution is 5.69. The quantitative estimate of drug-likeness (QED) is 0.368. The van der Waals surface area contributed by atoms with Gasteiger partial charge in [-0.05, 0) is 0 Å². The first-order valence-electron chi connectivity index (χ1n) is 6.38. The summed E-state index contributed by atoms with van der Waals surface area (Å²) in [4.78, 5) is 44.6. The van der Waals surface area contributed by atoms with Gasteiger partial charge in [-0.25, -0.2) is 5.32 Å². The van der Waals surface area contributed by atoms with E-state index in [0.29, 0.717) is 0 Å². The van der Waals surface area contributed by atoms with Gasteiger partial charge in [0.2, 0.25) is 12.5 Å². The van der Waals surface area contributed by atoms with Gasteiger partial charge in [-0.15, -0.1) is 0 Å². The normalized spacial score (nSPS) is 23.1. The Bertz CT molecular complexity index is 462. The zero-order valence-corrected chi connectivity index (χ0v) is 12.6. The van der Waals surface area contributed by atoms with Crippen LogP contribution in [0.15, 0.2) is 0 Å². The number of piperazine rings is 1. The maximum absolute atomic E-state index is 11.2. The van der Waals surface area contributed by atoms with Crippen LogP contribution in [0.3, 0.4) is 0 Å². The number of nitrogens with one attached hydrogen (secondary N) is 2. The van der Waals surface area contributed by atoms with E-state index in [9.17, 15) is 19.2 Å². The fraction of sp³-hybridized carbons (Fsp3) is 0.667. The minimum Gasteiger partial charge on any atom is -0.441 e. The molecule has 2 unspecified atom stereocenters. The smallest absolute Gasteiger partial charge is 0.333 e. The fourth-order valence-electron chi connectivity index (χ4n) is 1.85. The SMILES string of the molecule is CC(=O)OC1NCC(OC(C)=O)(OC(C)=O)NC1OC(C)=O. The molecule has 10 heteroatoms. The van der Waals surface area contributed by atoms with E-state index >= 15 is 0 Å². The summed E-state index contributed by atoms with van der Waals surface area (Å²) >= 11 is 0. The molecule has 10 nitrogen and oxygen atoms in total. The lowest BCUT2D eigenvalue weighted by atomic mass is 10.3. The van der Waals surface area contributed by atoms with Crippen molar-refractivity contribution in [1.29, 1.82) is 0 Å². The van der Waals surface area contributed by atoms with Crippen molar-refractivity contribution >= 4 is 23.9 Å². The van der Waals surface area contributed by atoms with Crippen molar-refractivity contribution in [1.82, 2.24) is 10.6 Å². The predicted molar refractivity (Wildman–Crippen MR) is 68.5 cm³/mol. The third kappa shape index (κ3) is 5.30. The summed E-state index contributed by atoms with van der Waals surface area (Å²) in [5, 5.41) is 5.22. The zero-order chi connectivity index (χ0) is 16.9. The van der Waals surface area contributed by atoms with Crippen LogP contribution in [-0.4, -0.2) is 48.8 Å². The molecule has 1 saturated heterocycles. The molecule has 0 saturated carbocycles. The Labute approximate surface area is 126 Å². The molecule has 0 aliphatic carbocycles. The van der Waals surface area contributed by atoms with Crippen LogP contribution in [-0.2, 0) is 38.1 Å². The highest BCUT2D eigenvalue weighted by Crippen LogP contribution is 2.18. The van der Waals surface area contributed by atoms with Crippen LogP contribution in [0.2, 0.25) is 0 Å². The minimum absolute atomic E-state index is 0.220. The molecule has 1 fully saturated rings. The highest BCUT2D eigenvalue weighted by Gasteiger charge is 2.48. The van der Waals surface area contributed by atoms with E-state index in [-0.39, 0.29) is 6.54 Å². The molecule has 1 aliphatic heterocycles. The Kier molecular flexibility index (Phi) is 5.83. The third-order valence-corrected chi connectivity index (χ3v) is 2.38. The van der Waals surface area contributed by atoms with Crippen molar-refractivity contribution in [3.63, 3.8) is 0 Å². The number of hydrogen-bond donors (Lipinski definition) is 2. The number of rotatable bonds is 4. The Morgan fingerprint density at radius 1 is 0.818 bits per heavy atom. The van der Waals surface area contributed by atoms with Gasteiger partial charge in [0.25, 0.3) is 0 Å². The molecular formula is C12H18N2O8. The first-order chi connectivity index (χ1) is 10.1. The van der Waals surface area contributed by atoms with Gasteiger partial charge in [0.1, 0.15) is 0 Å². The predicted octanol–water partition coefficient (Wildman–Crippen LogP) is -1.26. The Hall–Kier alpha value is -2.20. The van der Waals surface area contributed by atoms with Gasteiger partial charge in [-0.3, -0.25) is 24.5 Å². The topological polar surface area (TPSA) is 129 Å². The summed E-state index contributed by atoms with van der Waals surface area (Å²) in [6.07, 6.45) is -2.27. The summed E-state index contributed by atoms with van der Waals surface area (Å²) in [5.74, 6) is -4.65. The maximum Gasteiger partial charge on any atom is 0.333 e. The van der Waals surface area contributed by atoms with E-state index < -0.39 is 42.2 Å². The van der Waals surface area contributed by atoms with E-state index in [0.717, 1.165) is 20.8 Å². The highest BCUT2D eigenvalue weighted by atomic mass is 16.8. The third-order valence-electron chi connectivity index (χ3n) is 2.38. The standard InChI is InChI=1S/C12H18N2O8/c1-6(15)19-10-11(20-7(2)16)14-12(5-13-10,21-8(3)17)22-9(4)18/h10-11,13-14H,5H2,1-4H3. The van der Waals surface area contributed by atoms with Crippen LogP contribution >= 0.6 is 0 Å². The van der Waals surface area contributed by atoms with Crippen LogP contribution in [0.1, 0.15) is 27.7 Å². The van der Waals surface area contributed by atoms with Crippen molar-refractivity contribution < 1.29 is 38.1 Å². The zero-order valence-electron chi connectivity index (χ0n) is 12.6. The minimum atomic E-state index is -1.88. The lowest BCUT2D eigenvalue weighted by molar-refractivity contribution is -0.271. The molecular weight excluding hydrogens is 300 g/mol. The van der Waals surface area contributed by atoms with Crippen LogP contribution in [0.4, 0.5) is 0 Å². The molecule has 0 aromatic heterocycles. The van der Waals surface area contributed by atoms with Gasteiger partial charge >= 0.3 is 29.8 Å². The van der Waals surface area contributed by atoms with Gasteiger partial charge < -0.3 is 18.9 Å². The number of carbonyl (C=O) groups is 4. The Balaban J connectivity index is 2.97. The van der Waals surface area contributed by atoms with E-state index in [1.54, 1.807) is 0 Å². The molecule has 0 amide bonds.